The van der Waals surface area contributed by atoms with Crippen LogP contribution in [0.1, 0.15) is 49.7 Å². The number of ether oxygens (including phenoxy) is 1. The third-order valence-corrected chi connectivity index (χ3v) is 5.24. The van der Waals surface area contributed by atoms with Gasteiger partial charge in [-0.2, -0.15) is 0 Å². The third kappa shape index (κ3) is 3.07. The maximum Gasteiger partial charge on any atom is 0.0469 e. The van der Waals surface area contributed by atoms with Crippen LogP contribution < -0.4 is 5.32 Å². The molecule has 0 amide bonds. The lowest BCUT2D eigenvalue weighted by molar-refractivity contribution is 0.0519. The van der Waals surface area contributed by atoms with Crippen molar-refractivity contribution in [2.24, 2.45) is 5.92 Å². The second-order valence-corrected chi connectivity index (χ2v) is 6.63. The molecule has 1 unspecified atom stereocenters. The molecule has 3 rings (SSSR count). The first-order valence-corrected chi connectivity index (χ1v) is 8.13. The van der Waals surface area contributed by atoms with E-state index in [1.165, 1.54) is 31.2 Å². The highest BCUT2D eigenvalue weighted by molar-refractivity contribution is 5.31. The Kier molecular flexibility index (Phi) is 4.42. The summed E-state index contributed by atoms with van der Waals surface area (Å²) < 4.78 is 5.46. The van der Waals surface area contributed by atoms with Gasteiger partial charge in [-0.05, 0) is 62.5 Å². The summed E-state index contributed by atoms with van der Waals surface area (Å²) in [5.74, 6) is 1.58. The second kappa shape index (κ2) is 6.28. The van der Waals surface area contributed by atoms with Crippen molar-refractivity contribution in [2.45, 2.75) is 57.5 Å². The number of aryl methyl sites for hydroxylation is 1. The fourth-order valence-corrected chi connectivity index (χ4v) is 3.78. The minimum Gasteiger partial charge on any atom is -0.381 e. The predicted molar refractivity (Wildman–Crippen MR) is 83.1 cm³/mol. The van der Waals surface area contributed by atoms with Crippen molar-refractivity contribution in [1.82, 2.24) is 5.32 Å². The van der Waals surface area contributed by atoms with Crippen LogP contribution in [0.4, 0.5) is 0 Å². The number of hydrogen-bond acceptors (Lipinski definition) is 2. The summed E-state index contributed by atoms with van der Waals surface area (Å²) in [6.07, 6.45) is 5.06. The zero-order chi connectivity index (χ0) is 13.9. The molecule has 0 aromatic heterocycles. The van der Waals surface area contributed by atoms with Crippen molar-refractivity contribution in [3.63, 3.8) is 0 Å². The Balaban J connectivity index is 1.47. The molecule has 1 aromatic carbocycles. The normalized spacial score (nSPS) is 28.9. The SMILES string of the molecule is Cc1ccccc1C1CC(NC(C)C2CCOCC2)C1. The van der Waals surface area contributed by atoms with Gasteiger partial charge in [0.15, 0.2) is 0 Å². The van der Waals surface area contributed by atoms with E-state index in [0.29, 0.717) is 6.04 Å². The first-order chi connectivity index (χ1) is 9.74. The largest absolute Gasteiger partial charge is 0.381 e. The molecule has 2 nitrogen and oxygen atoms in total. The van der Waals surface area contributed by atoms with E-state index >= 15 is 0 Å². The minimum atomic E-state index is 0.640. The number of benzene rings is 1. The van der Waals surface area contributed by atoms with E-state index in [-0.39, 0.29) is 0 Å². The molecule has 2 aliphatic rings. The van der Waals surface area contributed by atoms with Gasteiger partial charge in [0.25, 0.3) is 0 Å². The Hall–Kier alpha value is -0.860. The van der Waals surface area contributed by atoms with Gasteiger partial charge in [-0.25, -0.2) is 0 Å². The minimum absolute atomic E-state index is 0.640. The molecule has 20 heavy (non-hydrogen) atoms. The van der Waals surface area contributed by atoms with Crippen molar-refractivity contribution >= 4 is 0 Å². The molecule has 1 heterocycles. The van der Waals surface area contributed by atoms with Gasteiger partial charge in [-0.15, -0.1) is 0 Å². The molecule has 1 atom stereocenters. The average molecular weight is 273 g/mol. The van der Waals surface area contributed by atoms with Crippen LogP contribution in [0.5, 0.6) is 0 Å². The Morgan fingerprint density at radius 3 is 2.55 bits per heavy atom. The maximum atomic E-state index is 5.46. The molecule has 0 spiro atoms. The van der Waals surface area contributed by atoms with Crippen LogP contribution in [0.25, 0.3) is 0 Å². The highest BCUT2D eigenvalue weighted by Crippen LogP contribution is 2.38. The van der Waals surface area contributed by atoms with Gasteiger partial charge in [0.2, 0.25) is 0 Å². The maximum absolute atomic E-state index is 5.46. The van der Waals surface area contributed by atoms with Crippen molar-refractivity contribution in [3.05, 3.63) is 35.4 Å². The smallest absolute Gasteiger partial charge is 0.0469 e. The predicted octanol–water partition coefficient (Wildman–Crippen LogP) is 3.65. The van der Waals surface area contributed by atoms with Crippen LogP contribution in [0.3, 0.4) is 0 Å². The summed E-state index contributed by atoms with van der Waals surface area (Å²) in [4.78, 5) is 0. The lowest BCUT2D eigenvalue weighted by Gasteiger charge is -2.41. The van der Waals surface area contributed by atoms with E-state index in [1.807, 2.05) is 0 Å². The van der Waals surface area contributed by atoms with E-state index in [0.717, 1.165) is 31.1 Å². The summed E-state index contributed by atoms with van der Waals surface area (Å²) >= 11 is 0. The molecular weight excluding hydrogens is 246 g/mol. The van der Waals surface area contributed by atoms with E-state index < -0.39 is 0 Å². The standard InChI is InChI=1S/C18H27NO/c1-13-5-3-4-6-18(13)16-11-17(12-16)19-14(2)15-7-9-20-10-8-15/h3-6,14-17,19H,7-12H2,1-2H3. The van der Waals surface area contributed by atoms with Crippen LogP contribution >= 0.6 is 0 Å². The summed E-state index contributed by atoms with van der Waals surface area (Å²) in [5, 5.41) is 3.85. The van der Waals surface area contributed by atoms with Gasteiger partial charge in [0.05, 0.1) is 0 Å². The molecular formula is C18H27NO. The van der Waals surface area contributed by atoms with Crippen LogP contribution in [0.2, 0.25) is 0 Å². The number of hydrogen-bond donors (Lipinski definition) is 1. The highest BCUT2D eigenvalue weighted by atomic mass is 16.5. The lowest BCUT2D eigenvalue weighted by Crippen LogP contribution is -2.48. The Labute approximate surface area is 122 Å². The zero-order valence-corrected chi connectivity index (χ0v) is 12.8. The van der Waals surface area contributed by atoms with Gasteiger partial charge in [0.1, 0.15) is 0 Å². The fraction of sp³-hybridized carbons (Fsp3) is 0.667. The molecule has 1 aliphatic carbocycles. The van der Waals surface area contributed by atoms with Crippen molar-refractivity contribution in [3.8, 4) is 0 Å². The Morgan fingerprint density at radius 2 is 1.85 bits per heavy atom. The van der Waals surface area contributed by atoms with E-state index in [2.05, 4.69) is 43.4 Å². The van der Waals surface area contributed by atoms with Gasteiger partial charge in [-0.3, -0.25) is 0 Å². The van der Waals surface area contributed by atoms with Gasteiger partial charge < -0.3 is 10.1 Å². The van der Waals surface area contributed by atoms with Crippen LogP contribution in [0, 0.1) is 12.8 Å². The molecule has 1 aromatic rings. The Morgan fingerprint density at radius 1 is 1.15 bits per heavy atom. The summed E-state index contributed by atoms with van der Waals surface area (Å²) in [6, 6.07) is 10.2. The first kappa shape index (κ1) is 14.1. The van der Waals surface area contributed by atoms with Crippen molar-refractivity contribution in [2.75, 3.05) is 13.2 Å². The van der Waals surface area contributed by atoms with Crippen LogP contribution in [-0.2, 0) is 4.74 Å². The van der Waals surface area contributed by atoms with Gasteiger partial charge in [-0.1, -0.05) is 24.3 Å². The number of rotatable bonds is 4. The van der Waals surface area contributed by atoms with Gasteiger partial charge >= 0.3 is 0 Å². The highest BCUT2D eigenvalue weighted by Gasteiger charge is 2.33. The molecule has 2 heteroatoms. The molecule has 1 N–H and O–H groups in total. The molecule has 1 saturated carbocycles. The zero-order valence-electron chi connectivity index (χ0n) is 12.8. The molecule has 1 aliphatic heterocycles. The summed E-state index contributed by atoms with van der Waals surface area (Å²) in [5.41, 5.74) is 3.01. The summed E-state index contributed by atoms with van der Waals surface area (Å²) in [7, 11) is 0. The molecule has 0 bridgehead atoms. The molecule has 2 fully saturated rings. The van der Waals surface area contributed by atoms with Crippen LogP contribution in [0.15, 0.2) is 24.3 Å². The van der Waals surface area contributed by atoms with E-state index in [1.54, 1.807) is 5.56 Å². The molecule has 1 saturated heterocycles. The lowest BCUT2D eigenvalue weighted by atomic mass is 9.74. The number of nitrogens with one attached hydrogen (secondary N) is 1. The molecule has 0 radical (unpaired) electrons. The average Bonchev–Trinajstić information content (AvgIpc) is 2.44. The van der Waals surface area contributed by atoms with Crippen molar-refractivity contribution in [1.29, 1.82) is 0 Å². The third-order valence-electron chi connectivity index (χ3n) is 5.24. The van der Waals surface area contributed by atoms with Crippen molar-refractivity contribution < 1.29 is 4.74 Å². The first-order valence-electron chi connectivity index (χ1n) is 8.13. The van der Waals surface area contributed by atoms with Crippen LogP contribution in [-0.4, -0.2) is 25.3 Å². The Bertz CT molecular complexity index is 433. The monoisotopic (exact) mass is 273 g/mol. The van der Waals surface area contributed by atoms with Gasteiger partial charge in [0, 0.05) is 25.3 Å². The second-order valence-electron chi connectivity index (χ2n) is 6.63. The van der Waals surface area contributed by atoms with E-state index in [4.69, 9.17) is 4.74 Å². The fourth-order valence-electron chi connectivity index (χ4n) is 3.78. The van der Waals surface area contributed by atoms with E-state index in [9.17, 15) is 0 Å². The quantitative estimate of drug-likeness (QED) is 0.904. The summed E-state index contributed by atoms with van der Waals surface area (Å²) in [6.45, 7) is 6.50. The molecule has 110 valence electrons. The topological polar surface area (TPSA) is 21.3 Å².